The van der Waals surface area contributed by atoms with Crippen LogP contribution in [-0.2, 0) is 4.79 Å². The highest BCUT2D eigenvalue weighted by molar-refractivity contribution is 6.32. The van der Waals surface area contributed by atoms with Crippen LogP contribution in [-0.4, -0.2) is 61.1 Å². The number of carbonyl (C=O) groups excluding carboxylic acids is 1. The van der Waals surface area contributed by atoms with Gasteiger partial charge in [0.2, 0.25) is 5.91 Å². The van der Waals surface area contributed by atoms with Crippen LogP contribution in [0.4, 0.5) is 0 Å². The highest BCUT2D eigenvalue weighted by Gasteiger charge is 2.32. The molecular formula is C18H28ClN3O2. The monoisotopic (exact) mass is 353 g/mol. The molecule has 134 valence electrons. The van der Waals surface area contributed by atoms with Gasteiger partial charge in [0.05, 0.1) is 11.1 Å². The van der Waals surface area contributed by atoms with E-state index in [2.05, 4.69) is 4.90 Å². The Morgan fingerprint density at radius 2 is 1.88 bits per heavy atom. The average molecular weight is 354 g/mol. The van der Waals surface area contributed by atoms with Crippen molar-refractivity contribution < 1.29 is 9.53 Å². The summed E-state index contributed by atoms with van der Waals surface area (Å²) in [5.41, 5.74) is 5.87. The van der Waals surface area contributed by atoms with E-state index in [-0.39, 0.29) is 11.3 Å². The van der Waals surface area contributed by atoms with Crippen LogP contribution >= 0.6 is 11.6 Å². The molecule has 6 heteroatoms. The summed E-state index contributed by atoms with van der Waals surface area (Å²) in [5.74, 6) is 0.763. The Morgan fingerprint density at radius 1 is 1.25 bits per heavy atom. The lowest BCUT2D eigenvalue weighted by Gasteiger charge is -2.38. The number of benzene rings is 1. The summed E-state index contributed by atoms with van der Waals surface area (Å²) in [7, 11) is 0. The molecule has 1 fully saturated rings. The maximum atomic E-state index is 12.4. The molecule has 1 atom stereocenters. The molecule has 1 aromatic carbocycles. The molecule has 1 aliphatic rings. The van der Waals surface area contributed by atoms with E-state index in [0.29, 0.717) is 30.5 Å². The Balaban J connectivity index is 1.73. The second kappa shape index (κ2) is 8.19. The summed E-state index contributed by atoms with van der Waals surface area (Å²) in [4.78, 5) is 16.6. The predicted octanol–water partition coefficient (Wildman–Crippen LogP) is 2.24. The third kappa shape index (κ3) is 5.10. The van der Waals surface area contributed by atoms with Gasteiger partial charge in [0.25, 0.3) is 0 Å². The number of hydrogen-bond acceptors (Lipinski definition) is 4. The number of rotatable bonds is 5. The first kappa shape index (κ1) is 19.0. The summed E-state index contributed by atoms with van der Waals surface area (Å²) < 4.78 is 5.72. The van der Waals surface area contributed by atoms with Crippen LogP contribution in [0.3, 0.4) is 0 Å². The Morgan fingerprint density at radius 3 is 2.46 bits per heavy atom. The zero-order valence-corrected chi connectivity index (χ0v) is 15.6. The number of carbonyl (C=O) groups is 1. The molecule has 1 saturated heterocycles. The second-order valence-corrected chi connectivity index (χ2v) is 7.70. The van der Waals surface area contributed by atoms with Crippen LogP contribution in [0, 0.1) is 5.41 Å². The van der Waals surface area contributed by atoms with Gasteiger partial charge in [-0.3, -0.25) is 9.69 Å². The molecule has 0 saturated carbocycles. The van der Waals surface area contributed by atoms with Crippen LogP contribution in [0.15, 0.2) is 24.3 Å². The molecule has 0 spiro atoms. The molecule has 0 unspecified atom stereocenters. The Labute approximate surface area is 149 Å². The number of amides is 1. The van der Waals surface area contributed by atoms with E-state index >= 15 is 0 Å². The number of nitrogens with zero attached hydrogens (tertiary/aromatic N) is 2. The third-order valence-electron chi connectivity index (χ3n) is 4.38. The molecule has 0 aliphatic carbocycles. The lowest BCUT2D eigenvalue weighted by Crippen LogP contribution is -2.56. The van der Waals surface area contributed by atoms with Crippen LogP contribution in [0.25, 0.3) is 0 Å². The average Bonchev–Trinajstić information content (AvgIpc) is 2.55. The largest absolute Gasteiger partial charge is 0.491 e. The second-order valence-electron chi connectivity index (χ2n) is 7.29. The first-order valence-corrected chi connectivity index (χ1v) is 8.81. The van der Waals surface area contributed by atoms with Gasteiger partial charge in [-0.05, 0) is 17.5 Å². The third-order valence-corrected chi connectivity index (χ3v) is 4.70. The van der Waals surface area contributed by atoms with Crippen molar-refractivity contribution in [2.24, 2.45) is 11.1 Å². The number of ether oxygens (including phenoxy) is 1. The summed E-state index contributed by atoms with van der Waals surface area (Å²) in [6, 6.07) is 7.03. The number of nitrogens with two attached hydrogens (primary N) is 1. The molecule has 0 aromatic heterocycles. The first-order chi connectivity index (χ1) is 11.3. The fourth-order valence-electron chi connectivity index (χ4n) is 2.61. The highest BCUT2D eigenvalue weighted by atomic mass is 35.5. The van der Waals surface area contributed by atoms with E-state index in [0.717, 1.165) is 19.6 Å². The normalized spacial score (nSPS) is 17.6. The van der Waals surface area contributed by atoms with E-state index < -0.39 is 6.04 Å². The van der Waals surface area contributed by atoms with E-state index in [1.54, 1.807) is 0 Å². The highest BCUT2D eigenvalue weighted by Crippen LogP contribution is 2.23. The van der Waals surface area contributed by atoms with Crippen LogP contribution in [0.5, 0.6) is 5.75 Å². The molecule has 0 radical (unpaired) electrons. The Kier molecular flexibility index (Phi) is 6.49. The lowest BCUT2D eigenvalue weighted by atomic mass is 9.86. The topological polar surface area (TPSA) is 58.8 Å². The molecule has 2 N–H and O–H groups in total. The molecule has 1 aliphatic heterocycles. The van der Waals surface area contributed by atoms with Crippen molar-refractivity contribution in [2.75, 3.05) is 39.3 Å². The summed E-state index contributed by atoms with van der Waals surface area (Å²) in [6.07, 6.45) is 0. The van der Waals surface area contributed by atoms with Crippen molar-refractivity contribution in [3.8, 4) is 5.75 Å². The van der Waals surface area contributed by atoms with E-state index in [9.17, 15) is 4.79 Å². The quantitative estimate of drug-likeness (QED) is 0.882. The van der Waals surface area contributed by atoms with Crippen LogP contribution in [0.1, 0.15) is 20.8 Å². The van der Waals surface area contributed by atoms with Crippen LogP contribution < -0.4 is 10.5 Å². The number of hydrogen-bond donors (Lipinski definition) is 1. The van der Waals surface area contributed by atoms with Gasteiger partial charge in [-0.2, -0.15) is 0 Å². The maximum Gasteiger partial charge on any atom is 0.240 e. The summed E-state index contributed by atoms with van der Waals surface area (Å²) in [6.45, 7) is 10.5. The molecule has 2 rings (SSSR count). The Hall–Kier alpha value is -1.30. The number of para-hydroxylation sites is 1. The molecular weight excluding hydrogens is 326 g/mol. The van der Waals surface area contributed by atoms with Crippen molar-refractivity contribution >= 4 is 17.5 Å². The van der Waals surface area contributed by atoms with Gasteiger partial charge in [-0.15, -0.1) is 0 Å². The zero-order chi connectivity index (χ0) is 17.7. The maximum absolute atomic E-state index is 12.4. The van der Waals surface area contributed by atoms with E-state index in [1.165, 1.54) is 0 Å². The van der Waals surface area contributed by atoms with Gasteiger partial charge < -0.3 is 15.4 Å². The lowest BCUT2D eigenvalue weighted by molar-refractivity contribution is -0.136. The predicted molar refractivity (Wildman–Crippen MR) is 97.4 cm³/mol. The first-order valence-electron chi connectivity index (χ1n) is 8.43. The molecule has 5 nitrogen and oxygen atoms in total. The smallest absolute Gasteiger partial charge is 0.240 e. The van der Waals surface area contributed by atoms with Gasteiger partial charge in [0, 0.05) is 32.7 Å². The molecule has 1 amide bonds. The standard InChI is InChI=1S/C18H28ClN3O2/c1-18(2,3)16(20)17(23)22-10-8-21(9-11-22)12-13-24-15-7-5-4-6-14(15)19/h4-7,16H,8-13,20H2,1-3H3/t16-/m1/s1. The minimum absolute atomic E-state index is 0.0504. The minimum atomic E-state index is -0.451. The van der Waals surface area contributed by atoms with Crippen LogP contribution in [0.2, 0.25) is 5.02 Å². The van der Waals surface area contributed by atoms with Crippen molar-refractivity contribution in [3.05, 3.63) is 29.3 Å². The number of piperazine rings is 1. The van der Waals surface area contributed by atoms with E-state index in [4.69, 9.17) is 22.1 Å². The summed E-state index contributed by atoms with van der Waals surface area (Å²) in [5, 5.41) is 0.629. The molecule has 1 heterocycles. The zero-order valence-electron chi connectivity index (χ0n) is 14.8. The minimum Gasteiger partial charge on any atom is -0.491 e. The fourth-order valence-corrected chi connectivity index (χ4v) is 2.80. The number of halogens is 1. The molecule has 1 aromatic rings. The Bertz CT molecular complexity index is 551. The van der Waals surface area contributed by atoms with Gasteiger partial charge in [-0.25, -0.2) is 0 Å². The van der Waals surface area contributed by atoms with Gasteiger partial charge in [-0.1, -0.05) is 44.5 Å². The SMILES string of the molecule is CC(C)(C)[C@H](N)C(=O)N1CCN(CCOc2ccccc2Cl)CC1. The van der Waals surface area contributed by atoms with Crippen molar-refractivity contribution in [2.45, 2.75) is 26.8 Å². The fraction of sp³-hybridized carbons (Fsp3) is 0.611. The summed E-state index contributed by atoms with van der Waals surface area (Å²) >= 11 is 6.07. The van der Waals surface area contributed by atoms with E-state index in [1.807, 2.05) is 49.9 Å². The van der Waals surface area contributed by atoms with Crippen molar-refractivity contribution in [1.82, 2.24) is 9.80 Å². The van der Waals surface area contributed by atoms with Gasteiger partial charge in [0.15, 0.2) is 0 Å². The molecule has 0 bridgehead atoms. The van der Waals surface area contributed by atoms with Crippen molar-refractivity contribution in [1.29, 1.82) is 0 Å². The molecule has 24 heavy (non-hydrogen) atoms. The van der Waals surface area contributed by atoms with Crippen molar-refractivity contribution in [3.63, 3.8) is 0 Å². The van der Waals surface area contributed by atoms with Gasteiger partial charge in [0.1, 0.15) is 12.4 Å². The van der Waals surface area contributed by atoms with Gasteiger partial charge >= 0.3 is 0 Å².